The Labute approximate surface area is 143 Å². The van der Waals surface area contributed by atoms with E-state index in [9.17, 15) is 0 Å². The summed E-state index contributed by atoms with van der Waals surface area (Å²) in [5.41, 5.74) is 1.75. The van der Waals surface area contributed by atoms with Gasteiger partial charge in [0.25, 0.3) is 0 Å². The highest BCUT2D eigenvalue weighted by Gasteiger charge is 2.38. The molecule has 2 rings (SSSR count). The van der Waals surface area contributed by atoms with Gasteiger partial charge >= 0.3 is 0 Å². The van der Waals surface area contributed by atoms with Gasteiger partial charge in [0.1, 0.15) is 0 Å². The van der Waals surface area contributed by atoms with E-state index in [0.29, 0.717) is 15.5 Å². The zero-order valence-corrected chi connectivity index (χ0v) is 15.3. The van der Waals surface area contributed by atoms with Crippen LogP contribution in [0.5, 0.6) is 0 Å². The van der Waals surface area contributed by atoms with E-state index in [4.69, 9.17) is 23.2 Å². The van der Waals surface area contributed by atoms with Crippen molar-refractivity contribution in [1.82, 2.24) is 4.90 Å². The highest BCUT2D eigenvalue weighted by Crippen LogP contribution is 2.48. The number of halogens is 2. The van der Waals surface area contributed by atoms with Crippen LogP contribution in [0.25, 0.3) is 0 Å². The molecule has 4 heteroatoms. The molecule has 0 spiro atoms. The Bertz CT molecular complexity index is 458. The first-order chi connectivity index (χ1) is 10.0. The van der Waals surface area contributed by atoms with Gasteiger partial charge < -0.3 is 4.90 Å². The number of thioether (sulfide) groups is 1. The Hall–Kier alpha value is 0.110. The minimum Gasteiger partial charge on any atom is -0.309 e. The third-order valence-electron chi connectivity index (χ3n) is 4.46. The summed E-state index contributed by atoms with van der Waals surface area (Å²) in [6, 6.07) is 6.20. The molecule has 0 heterocycles. The maximum Gasteiger partial charge on any atom is 0.0595 e. The maximum atomic E-state index is 6.19. The summed E-state index contributed by atoms with van der Waals surface area (Å²) in [7, 11) is 4.27. The normalized spacial score (nSPS) is 17.0. The monoisotopic (exact) mass is 345 g/mol. The number of benzene rings is 1. The molecular weight excluding hydrogens is 321 g/mol. The number of nitrogens with zero attached hydrogens (tertiary/aromatic N) is 1. The summed E-state index contributed by atoms with van der Waals surface area (Å²) in [6.07, 6.45) is 6.47. The second kappa shape index (κ2) is 8.10. The van der Waals surface area contributed by atoms with Crippen molar-refractivity contribution in [3.8, 4) is 0 Å². The van der Waals surface area contributed by atoms with Crippen LogP contribution >= 0.6 is 35.0 Å². The van der Waals surface area contributed by atoms with Crippen LogP contribution < -0.4 is 0 Å². The molecule has 0 bridgehead atoms. The lowest BCUT2D eigenvalue weighted by Gasteiger charge is -2.43. The van der Waals surface area contributed by atoms with Gasteiger partial charge in [-0.15, -0.1) is 0 Å². The van der Waals surface area contributed by atoms with Gasteiger partial charge in [-0.25, -0.2) is 0 Å². The minimum absolute atomic E-state index is 0.364. The first kappa shape index (κ1) is 17.5. The van der Waals surface area contributed by atoms with Gasteiger partial charge in [0, 0.05) is 0 Å². The molecule has 0 radical (unpaired) electrons. The molecule has 0 amide bonds. The Morgan fingerprint density at radius 1 is 1.14 bits per heavy atom. The molecule has 1 saturated carbocycles. The van der Waals surface area contributed by atoms with Crippen molar-refractivity contribution in [3.05, 3.63) is 33.8 Å². The molecule has 0 unspecified atom stereocenters. The van der Waals surface area contributed by atoms with E-state index in [-0.39, 0.29) is 0 Å². The van der Waals surface area contributed by atoms with Crippen molar-refractivity contribution in [3.63, 3.8) is 0 Å². The van der Waals surface area contributed by atoms with Gasteiger partial charge in [-0.05, 0) is 80.9 Å². The fourth-order valence-electron chi connectivity index (χ4n) is 2.97. The topological polar surface area (TPSA) is 3.24 Å². The van der Waals surface area contributed by atoms with Gasteiger partial charge in [-0.1, -0.05) is 35.7 Å². The number of hydrogen-bond donors (Lipinski definition) is 0. The SMILES string of the molecule is CN(C)CCCSCCC1(c2ccc(Cl)c(Cl)c2)CCC1. The maximum absolute atomic E-state index is 6.19. The van der Waals surface area contributed by atoms with Crippen molar-refractivity contribution in [1.29, 1.82) is 0 Å². The van der Waals surface area contributed by atoms with Gasteiger partial charge in [0.15, 0.2) is 0 Å². The van der Waals surface area contributed by atoms with Crippen molar-refractivity contribution in [2.45, 2.75) is 37.5 Å². The van der Waals surface area contributed by atoms with Crippen LogP contribution in [0.15, 0.2) is 18.2 Å². The first-order valence-corrected chi connectivity index (χ1v) is 9.63. The zero-order chi connectivity index (χ0) is 15.3. The van der Waals surface area contributed by atoms with E-state index in [0.717, 1.165) is 0 Å². The molecular formula is C17H25Cl2NS. The van der Waals surface area contributed by atoms with Gasteiger partial charge in [-0.3, -0.25) is 0 Å². The number of hydrogen-bond acceptors (Lipinski definition) is 2. The van der Waals surface area contributed by atoms with Crippen molar-refractivity contribution >= 4 is 35.0 Å². The van der Waals surface area contributed by atoms with Gasteiger partial charge in [-0.2, -0.15) is 11.8 Å². The Morgan fingerprint density at radius 3 is 2.48 bits per heavy atom. The van der Waals surface area contributed by atoms with E-state index in [1.807, 2.05) is 6.07 Å². The molecule has 21 heavy (non-hydrogen) atoms. The lowest BCUT2D eigenvalue weighted by molar-refractivity contribution is 0.237. The van der Waals surface area contributed by atoms with Crippen LogP contribution in [0.2, 0.25) is 10.0 Å². The van der Waals surface area contributed by atoms with E-state index in [1.165, 1.54) is 55.7 Å². The lowest BCUT2D eigenvalue weighted by Crippen LogP contribution is -2.34. The highest BCUT2D eigenvalue weighted by atomic mass is 35.5. The third kappa shape index (κ3) is 4.79. The molecule has 1 nitrogen and oxygen atoms in total. The summed E-state index contributed by atoms with van der Waals surface area (Å²) >= 11 is 14.3. The summed E-state index contributed by atoms with van der Waals surface area (Å²) in [4.78, 5) is 2.25. The average Bonchev–Trinajstić information content (AvgIpc) is 2.39. The quantitative estimate of drug-likeness (QED) is 0.573. The summed E-state index contributed by atoms with van der Waals surface area (Å²) in [6.45, 7) is 1.19. The smallest absolute Gasteiger partial charge is 0.0595 e. The van der Waals surface area contributed by atoms with E-state index in [1.54, 1.807) is 0 Å². The first-order valence-electron chi connectivity index (χ1n) is 7.71. The highest BCUT2D eigenvalue weighted by molar-refractivity contribution is 7.99. The number of rotatable bonds is 8. The van der Waals surface area contributed by atoms with Crippen molar-refractivity contribution < 1.29 is 0 Å². The Kier molecular flexibility index (Phi) is 6.74. The predicted molar refractivity (Wildman–Crippen MR) is 97.1 cm³/mol. The van der Waals surface area contributed by atoms with Crippen LogP contribution in [0.4, 0.5) is 0 Å². The largest absolute Gasteiger partial charge is 0.309 e. The van der Waals surface area contributed by atoms with Crippen LogP contribution in [-0.4, -0.2) is 37.0 Å². The zero-order valence-electron chi connectivity index (χ0n) is 13.0. The minimum atomic E-state index is 0.364. The second-order valence-electron chi connectivity index (χ2n) is 6.28. The fourth-order valence-corrected chi connectivity index (χ4v) is 4.34. The molecule has 0 N–H and O–H groups in total. The van der Waals surface area contributed by atoms with Crippen LogP contribution in [0, 0.1) is 0 Å². The Balaban J connectivity index is 1.83. The lowest BCUT2D eigenvalue weighted by atomic mass is 9.63. The van der Waals surface area contributed by atoms with Gasteiger partial charge in [0.2, 0.25) is 0 Å². The second-order valence-corrected chi connectivity index (χ2v) is 8.32. The van der Waals surface area contributed by atoms with E-state index in [2.05, 4.69) is 42.9 Å². The van der Waals surface area contributed by atoms with E-state index >= 15 is 0 Å². The molecule has 0 saturated heterocycles. The fraction of sp³-hybridized carbons (Fsp3) is 0.647. The van der Waals surface area contributed by atoms with Gasteiger partial charge in [0.05, 0.1) is 10.0 Å². The Morgan fingerprint density at radius 2 is 1.90 bits per heavy atom. The van der Waals surface area contributed by atoms with Crippen molar-refractivity contribution in [2.75, 3.05) is 32.1 Å². The summed E-state index contributed by atoms with van der Waals surface area (Å²) in [5, 5.41) is 1.35. The molecule has 0 aromatic heterocycles. The molecule has 1 aromatic rings. The summed E-state index contributed by atoms with van der Waals surface area (Å²) < 4.78 is 0. The van der Waals surface area contributed by atoms with E-state index < -0.39 is 0 Å². The molecule has 1 fully saturated rings. The molecule has 1 aliphatic carbocycles. The van der Waals surface area contributed by atoms with Crippen LogP contribution in [0.3, 0.4) is 0 Å². The molecule has 1 aliphatic rings. The molecule has 0 atom stereocenters. The molecule has 1 aromatic carbocycles. The standard InChI is InChI=1S/C17H25Cl2NS/c1-20(2)10-4-11-21-12-9-17(7-3-8-17)14-5-6-15(18)16(19)13-14/h5-6,13H,3-4,7-12H2,1-2H3. The third-order valence-corrected chi connectivity index (χ3v) is 6.27. The summed E-state index contributed by atoms with van der Waals surface area (Å²) in [5.74, 6) is 2.50. The van der Waals surface area contributed by atoms with Crippen molar-refractivity contribution in [2.24, 2.45) is 0 Å². The average molecular weight is 346 g/mol. The molecule has 0 aliphatic heterocycles. The molecule has 118 valence electrons. The predicted octanol–water partition coefficient (Wildman–Crippen LogP) is 5.49. The van der Waals surface area contributed by atoms with Crippen LogP contribution in [0.1, 0.15) is 37.7 Å². The van der Waals surface area contributed by atoms with Crippen LogP contribution in [-0.2, 0) is 5.41 Å².